The molecule has 0 aromatic rings. The molecule has 5 heteroatoms. The average Bonchev–Trinajstić information content (AvgIpc) is 2.01. The van der Waals surface area contributed by atoms with Crippen LogP contribution in [0.1, 0.15) is 13.8 Å². The van der Waals surface area contributed by atoms with Crippen molar-refractivity contribution in [2.75, 3.05) is 6.61 Å². The second-order valence-electron chi connectivity index (χ2n) is 3.19. The standard InChI is InChI=1S/C7H15NO4/c1-4(2)5(10)7(8,3-9)6(11)12/h4-5,9-10H,3,8H2,1-2H3,(H,11,12)/t5-,7-/m1/s1. The molecule has 0 spiro atoms. The molecule has 0 aliphatic heterocycles. The molecule has 0 radical (unpaired) electrons. The Bertz CT molecular complexity index is 171. The molecule has 0 aromatic heterocycles. The first-order chi connectivity index (χ1) is 5.36. The minimum atomic E-state index is -1.95. The van der Waals surface area contributed by atoms with Crippen LogP contribution in [-0.2, 0) is 4.79 Å². The summed E-state index contributed by atoms with van der Waals surface area (Å²) < 4.78 is 0. The van der Waals surface area contributed by atoms with E-state index in [9.17, 15) is 9.90 Å². The summed E-state index contributed by atoms with van der Waals surface area (Å²) >= 11 is 0. The quantitative estimate of drug-likeness (QED) is 0.431. The average molecular weight is 177 g/mol. The van der Waals surface area contributed by atoms with Crippen LogP contribution < -0.4 is 5.73 Å². The zero-order valence-corrected chi connectivity index (χ0v) is 7.19. The molecule has 5 N–H and O–H groups in total. The second kappa shape index (κ2) is 3.84. The highest BCUT2D eigenvalue weighted by Gasteiger charge is 2.42. The maximum Gasteiger partial charge on any atom is 0.328 e. The third kappa shape index (κ3) is 1.94. The Hall–Kier alpha value is -0.650. The third-order valence-corrected chi connectivity index (χ3v) is 1.82. The van der Waals surface area contributed by atoms with Crippen LogP contribution in [-0.4, -0.2) is 39.5 Å². The van der Waals surface area contributed by atoms with Crippen LogP contribution in [0.15, 0.2) is 0 Å². The Morgan fingerprint density at radius 1 is 1.58 bits per heavy atom. The molecule has 0 heterocycles. The molecule has 2 atom stereocenters. The number of carboxylic acid groups (broad SMARTS) is 1. The van der Waals surface area contributed by atoms with E-state index in [1.807, 2.05) is 0 Å². The lowest BCUT2D eigenvalue weighted by molar-refractivity contribution is -0.152. The van der Waals surface area contributed by atoms with Crippen LogP contribution in [0.4, 0.5) is 0 Å². The molecule has 0 aromatic carbocycles. The van der Waals surface area contributed by atoms with Gasteiger partial charge in [0.15, 0.2) is 5.54 Å². The Kier molecular flexibility index (Phi) is 3.63. The summed E-state index contributed by atoms with van der Waals surface area (Å²) in [5.41, 5.74) is 3.33. The number of rotatable bonds is 4. The summed E-state index contributed by atoms with van der Waals surface area (Å²) in [5.74, 6) is -1.70. The summed E-state index contributed by atoms with van der Waals surface area (Å²) in [6.07, 6.45) is -1.25. The highest BCUT2D eigenvalue weighted by Crippen LogP contribution is 2.15. The molecule has 0 aliphatic carbocycles. The van der Waals surface area contributed by atoms with Crippen LogP contribution in [0.5, 0.6) is 0 Å². The molecule has 0 unspecified atom stereocenters. The van der Waals surface area contributed by atoms with Crippen LogP contribution in [0.25, 0.3) is 0 Å². The summed E-state index contributed by atoms with van der Waals surface area (Å²) in [6.45, 7) is 2.48. The summed E-state index contributed by atoms with van der Waals surface area (Å²) in [4.78, 5) is 10.6. The van der Waals surface area contributed by atoms with Crippen molar-refractivity contribution in [3.8, 4) is 0 Å². The second-order valence-corrected chi connectivity index (χ2v) is 3.19. The lowest BCUT2D eigenvalue weighted by atomic mass is 9.87. The Labute approximate surface area is 70.8 Å². The molecular formula is C7H15NO4. The number of aliphatic carboxylic acids is 1. The SMILES string of the molecule is CC(C)[C@@H](O)[C@](N)(CO)C(=O)O. The van der Waals surface area contributed by atoms with Crippen molar-refractivity contribution < 1.29 is 20.1 Å². The van der Waals surface area contributed by atoms with Crippen LogP contribution in [0.3, 0.4) is 0 Å². The zero-order valence-electron chi connectivity index (χ0n) is 7.19. The number of carboxylic acids is 1. The van der Waals surface area contributed by atoms with Gasteiger partial charge in [-0.3, -0.25) is 4.79 Å². The van der Waals surface area contributed by atoms with E-state index in [1.54, 1.807) is 13.8 Å². The summed E-state index contributed by atoms with van der Waals surface area (Å²) in [5, 5.41) is 26.7. The van der Waals surface area contributed by atoms with E-state index in [4.69, 9.17) is 15.9 Å². The zero-order chi connectivity index (χ0) is 9.94. The third-order valence-electron chi connectivity index (χ3n) is 1.82. The Balaban J connectivity index is 4.63. The van der Waals surface area contributed by atoms with Crippen molar-refractivity contribution in [3.63, 3.8) is 0 Å². The maximum absolute atomic E-state index is 10.6. The number of nitrogens with two attached hydrogens (primary N) is 1. The molecule has 0 saturated carbocycles. The number of aliphatic hydroxyl groups excluding tert-OH is 2. The first-order valence-electron chi connectivity index (χ1n) is 3.67. The van der Waals surface area contributed by atoms with Gasteiger partial charge < -0.3 is 21.1 Å². The van der Waals surface area contributed by atoms with Crippen molar-refractivity contribution in [2.45, 2.75) is 25.5 Å². The van der Waals surface area contributed by atoms with E-state index in [0.717, 1.165) is 0 Å². The van der Waals surface area contributed by atoms with Crippen molar-refractivity contribution in [1.82, 2.24) is 0 Å². The van der Waals surface area contributed by atoms with Crippen molar-refractivity contribution >= 4 is 5.97 Å². The van der Waals surface area contributed by atoms with E-state index < -0.39 is 24.2 Å². The lowest BCUT2D eigenvalue weighted by Crippen LogP contribution is -2.61. The van der Waals surface area contributed by atoms with Gasteiger partial charge in [-0.25, -0.2) is 0 Å². The number of carbonyl (C=O) groups is 1. The first kappa shape index (κ1) is 11.4. The van der Waals surface area contributed by atoms with Gasteiger partial charge >= 0.3 is 5.97 Å². The molecule has 0 saturated heterocycles. The molecule has 0 amide bonds. The number of hydrogen-bond acceptors (Lipinski definition) is 4. The lowest BCUT2D eigenvalue weighted by Gasteiger charge is -2.30. The molecule has 0 rings (SSSR count). The molecule has 0 fully saturated rings. The van der Waals surface area contributed by atoms with Crippen LogP contribution in [0.2, 0.25) is 0 Å². The van der Waals surface area contributed by atoms with E-state index >= 15 is 0 Å². The van der Waals surface area contributed by atoms with Gasteiger partial charge in [0, 0.05) is 0 Å². The molecule has 72 valence electrons. The van der Waals surface area contributed by atoms with Crippen molar-refractivity contribution in [2.24, 2.45) is 11.7 Å². The van der Waals surface area contributed by atoms with Gasteiger partial charge in [-0.15, -0.1) is 0 Å². The molecule has 12 heavy (non-hydrogen) atoms. The van der Waals surface area contributed by atoms with E-state index in [-0.39, 0.29) is 5.92 Å². The van der Waals surface area contributed by atoms with Crippen molar-refractivity contribution in [3.05, 3.63) is 0 Å². The fourth-order valence-corrected chi connectivity index (χ4v) is 0.882. The van der Waals surface area contributed by atoms with E-state index in [0.29, 0.717) is 0 Å². The van der Waals surface area contributed by atoms with Crippen LogP contribution in [0, 0.1) is 5.92 Å². The highest BCUT2D eigenvalue weighted by atomic mass is 16.4. The predicted octanol–water partition coefficient (Wildman–Crippen LogP) is -1.22. The molecular weight excluding hydrogens is 162 g/mol. The summed E-state index contributed by atoms with van der Waals surface area (Å²) in [6, 6.07) is 0. The molecule has 5 nitrogen and oxygen atoms in total. The monoisotopic (exact) mass is 177 g/mol. The van der Waals surface area contributed by atoms with Gasteiger partial charge in [0.1, 0.15) is 0 Å². The minimum Gasteiger partial charge on any atom is -0.480 e. The van der Waals surface area contributed by atoms with Gasteiger partial charge in [-0.1, -0.05) is 13.8 Å². The summed E-state index contributed by atoms with van der Waals surface area (Å²) in [7, 11) is 0. The number of aliphatic hydroxyl groups is 2. The normalized spacial score (nSPS) is 18.8. The Morgan fingerprint density at radius 2 is 2.00 bits per heavy atom. The fraction of sp³-hybridized carbons (Fsp3) is 0.857. The Morgan fingerprint density at radius 3 is 2.08 bits per heavy atom. The maximum atomic E-state index is 10.6. The van der Waals surface area contributed by atoms with Gasteiger partial charge in [0.05, 0.1) is 12.7 Å². The molecule has 0 aliphatic rings. The number of hydrogen-bond donors (Lipinski definition) is 4. The van der Waals surface area contributed by atoms with Crippen LogP contribution >= 0.6 is 0 Å². The fourth-order valence-electron chi connectivity index (χ4n) is 0.882. The topological polar surface area (TPSA) is 104 Å². The molecule has 0 bridgehead atoms. The van der Waals surface area contributed by atoms with Gasteiger partial charge in [0.2, 0.25) is 0 Å². The van der Waals surface area contributed by atoms with E-state index in [2.05, 4.69) is 0 Å². The largest absolute Gasteiger partial charge is 0.480 e. The smallest absolute Gasteiger partial charge is 0.328 e. The first-order valence-corrected chi connectivity index (χ1v) is 3.67. The van der Waals surface area contributed by atoms with E-state index in [1.165, 1.54) is 0 Å². The minimum absolute atomic E-state index is 0.307. The van der Waals surface area contributed by atoms with Gasteiger partial charge in [0.25, 0.3) is 0 Å². The highest BCUT2D eigenvalue weighted by molar-refractivity contribution is 5.79. The van der Waals surface area contributed by atoms with Crippen molar-refractivity contribution in [1.29, 1.82) is 0 Å². The van der Waals surface area contributed by atoms with Gasteiger partial charge in [-0.2, -0.15) is 0 Å². The van der Waals surface area contributed by atoms with Gasteiger partial charge in [-0.05, 0) is 5.92 Å². The predicted molar refractivity (Wildman–Crippen MR) is 42.5 cm³/mol.